The summed E-state index contributed by atoms with van der Waals surface area (Å²) in [5, 5.41) is 5.87. The maximum absolute atomic E-state index is 12.8. The lowest BCUT2D eigenvalue weighted by Crippen LogP contribution is -2.14. The Hall–Kier alpha value is -4.58. The second kappa shape index (κ2) is 10.8. The van der Waals surface area contributed by atoms with Crippen molar-refractivity contribution in [1.29, 1.82) is 0 Å². The van der Waals surface area contributed by atoms with E-state index in [2.05, 4.69) is 10.6 Å². The van der Waals surface area contributed by atoms with Gasteiger partial charge >= 0.3 is 0 Å². The van der Waals surface area contributed by atoms with Crippen LogP contribution in [0.1, 0.15) is 31.8 Å². The first-order valence-electron chi connectivity index (χ1n) is 11.5. The number of aryl methyl sites for hydroxylation is 2. The van der Waals surface area contributed by atoms with Crippen molar-refractivity contribution in [3.63, 3.8) is 0 Å². The minimum Gasteiger partial charge on any atom is -0.495 e. The van der Waals surface area contributed by atoms with Crippen LogP contribution in [-0.2, 0) is 0 Å². The Balaban J connectivity index is 1.58. The first kappa shape index (κ1) is 24.5. The van der Waals surface area contributed by atoms with Crippen molar-refractivity contribution in [2.45, 2.75) is 13.8 Å². The van der Waals surface area contributed by atoms with Gasteiger partial charge in [0.15, 0.2) is 0 Å². The molecule has 0 saturated carbocycles. The van der Waals surface area contributed by atoms with Crippen molar-refractivity contribution in [3.8, 4) is 22.6 Å². The van der Waals surface area contributed by atoms with Gasteiger partial charge in [-0.2, -0.15) is 0 Å². The largest absolute Gasteiger partial charge is 0.495 e. The van der Waals surface area contributed by atoms with E-state index in [1.807, 2.05) is 86.6 Å². The molecule has 6 heteroatoms. The SMILES string of the molecule is COc1cc(-c2ccc(NC(=O)c3ccccc3C)c(OC)c2)ccc1NC(=O)c1ccccc1C. The number of hydrogen-bond acceptors (Lipinski definition) is 4. The molecule has 36 heavy (non-hydrogen) atoms. The molecule has 0 aromatic heterocycles. The normalized spacial score (nSPS) is 10.4. The maximum atomic E-state index is 12.8. The molecule has 4 aromatic rings. The van der Waals surface area contributed by atoms with E-state index in [1.54, 1.807) is 26.4 Å². The van der Waals surface area contributed by atoms with Crippen LogP contribution in [0.5, 0.6) is 11.5 Å². The third-order valence-corrected chi connectivity index (χ3v) is 6.01. The molecule has 0 aliphatic heterocycles. The smallest absolute Gasteiger partial charge is 0.256 e. The summed E-state index contributed by atoms with van der Waals surface area (Å²) in [6.45, 7) is 3.80. The molecule has 182 valence electrons. The average Bonchev–Trinajstić information content (AvgIpc) is 2.89. The van der Waals surface area contributed by atoms with Crippen molar-refractivity contribution in [2.24, 2.45) is 0 Å². The zero-order chi connectivity index (χ0) is 25.7. The number of nitrogens with one attached hydrogen (secondary N) is 2. The standard InChI is InChI=1S/C30H28N2O4/c1-19-9-5-7-11-23(19)29(33)31-25-15-13-21(17-27(25)35-3)22-14-16-26(28(18-22)36-4)32-30(34)24-12-8-6-10-20(24)2/h5-18H,1-4H3,(H,31,33)(H,32,34). The first-order chi connectivity index (χ1) is 17.4. The second-order valence-corrected chi connectivity index (χ2v) is 8.37. The van der Waals surface area contributed by atoms with Crippen molar-refractivity contribution in [1.82, 2.24) is 0 Å². The van der Waals surface area contributed by atoms with Gasteiger partial charge in [0.1, 0.15) is 11.5 Å². The third kappa shape index (κ3) is 5.23. The molecule has 0 aliphatic rings. The Morgan fingerprint density at radius 2 is 0.972 bits per heavy atom. The highest BCUT2D eigenvalue weighted by Gasteiger charge is 2.15. The topological polar surface area (TPSA) is 76.7 Å². The van der Waals surface area contributed by atoms with Crippen molar-refractivity contribution >= 4 is 23.2 Å². The van der Waals surface area contributed by atoms with Gasteiger partial charge in [0.2, 0.25) is 0 Å². The van der Waals surface area contributed by atoms with Crippen molar-refractivity contribution < 1.29 is 19.1 Å². The number of methoxy groups -OCH3 is 2. The molecule has 2 amide bonds. The zero-order valence-electron chi connectivity index (χ0n) is 20.7. The lowest BCUT2D eigenvalue weighted by molar-refractivity contribution is 0.101. The summed E-state index contributed by atoms with van der Waals surface area (Å²) in [5.74, 6) is 0.666. The van der Waals surface area contributed by atoms with Crippen LogP contribution in [0, 0.1) is 13.8 Å². The van der Waals surface area contributed by atoms with Gasteiger partial charge in [0.05, 0.1) is 25.6 Å². The maximum Gasteiger partial charge on any atom is 0.256 e. The minimum atomic E-state index is -0.199. The van der Waals surface area contributed by atoms with Crippen molar-refractivity contribution in [3.05, 3.63) is 107 Å². The lowest BCUT2D eigenvalue weighted by Gasteiger charge is -2.15. The molecule has 0 heterocycles. The molecule has 0 radical (unpaired) electrons. The molecule has 0 atom stereocenters. The van der Waals surface area contributed by atoms with E-state index in [9.17, 15) is 9.59 Å². The predicted octanol–water partition coefficient (Wildman–Crippen LogP) is 6.49. The summed E-state index contributed by atoms with van der Waals surface area (Å²) < 4.78 is 11.1. The second-order valence-electron chi connectivity index (χ2n) is 8.37. The summed E-state index contributed by atoms with van der Waals surface area (Å²) in [7, 11) is 3.13. The van der Waals surface area contributed by atoms with Crippen LogP contribution in [0.4, 0.5) is 11.4 Å². The van der Waals surface area contributed by atoms with Crippen LogP contribution < -0.4 is 20.1 Å². The number of carbonyl (C=O) groups is 2. The van der Waals surface area contributed by atoms with Gasteiger partial charge in [0.25, 0.3) is 11.8 Å². The summed E-state index contributed by atoms with van der Waals surface area (Å²) in [6, 6.07) is 26.0. The van der Waals surface area contributed by atoms with E-state index < -0.39 is 0 Å². The Kier molecular flexibility index (Phi) is 7.35. The molecular formula is C30H28N2O4. The average molecular weight is 481 g/mol. The fourth-order valence-electron chi connectivity index (χ4n) is 3.98. The molecule has 0 fully saturated rings. The number of ether oxygens (including phenoxy) is 2. The van der Waals surface area contributed by atoms with Crippen LogP contribution >= 0.6 is 0 Å². The Labute approximate surface area is 210 Å². The number of amides is 2. The highest BCUT2D eigenvalue weighted by atomic mass is 16.5. The Morgan fingerprint density at radius 3 is 1.33 bits per heavy atom. The number of anilines is 2. The van der Waals surface area contributed by atoms with Gasteiger partial charge in [-0.3, -0.25) is 9.59 Å². The van der Waals surface area contributed by atoms with Crippen molar-refractivity contribution in [2.75, 3.05) is 24.9 Å². The van der Waals surface area contributed by atoms with Crippen LogP contribution in [0.15, 0.2) is 84.9 Å². The third-order valence-electron chi connectivity index (χ3n) is 6.01. The molecule has 0 aliphatic carbocycles. The van der Waals surface area contributed by atoms with E-state index in [1.165, 1.54) is 0 Å². The number of benzene rings is 4. The monoisotopic (exact) mass is 480 g/mol. The Bertz CT molecular complexity index is 1320. The number of carbonyl (C=O) groups excluding carboxylic acids is 2. The van der Waals surface area contributed by atoms with E-state index >= 15 is 0 Å². The first-order valence-corrected chi connectivity index (χ1v) is 11.5. The summed E-state index contributed by atoms with van der Waals surface area (Å²) in [6.07, 6.45) is 0. The van der Waals surface area contributed by atoms with E-state index in [4.69, 9.17) is 9.47 Å². The van der Waals surface area contributed by atoms with Gasteiger partial charge in [-0.05, 0) is 72.5 Å². The van der Waals surface area contributed by atoms with Gasteiger partial charge in [0, 0.05) is 11.1 Å². The highest BCUT2D eigenvalue weighted by Crippen LogP contribution is 2.35. The van der Waals surface area contributed by atoms with Crippen LogP contribution in [0.3, 0.4) is 0 Å². The molecule has 0 saturated heterocycles. The highest BCUT2D eigenvalue weighted by molar-refractivity contribution is 6.07. The quantitative estimate of drug-likeness (QED) is 0.317. The summed E-state index contributed by atoms with van der Waals surface area (Å²) in [4.78, 5) is 25.5. The molecule has 6 nitrogen and oxygen atoms in total. The summed E-state index contributed by atoms with van der Waals surface area (Å²) >= 11 is 0. The lowest BCUT2D eigenvalue weighted by atomic mass is 10.0. The summed E-state index contributed by atoms with van der Waals surface area (Å²) in [5.41, 5.74) is 5.90. The Morgan fingerprint density at radius 1 is 0.583 bits per heavy atom. The fraction of sp³-hybridized carbons (Fsp3) is 0.133. The minimum absolute atomic E-state index is 0.199. The molecule has 0 bridgehead atoms. The van der Waals surface area contributed by atoms with Gasteiger partial charge in [-0.25, -0.2) is 0 Å². The molecule has 0 spiro atoms. The predicted molar refractivity (Wildman–Crippen MR) is 143 cm³/mol. The van der Waals surface area contributed by atoms with Crippen LogP contribution in [0.25, 0.3) is 11.1 Å². The zero-order valence-corrected chi connectivity index (χ0v) is 20.7. The molecular weight excluding hydrogens is 452 g/mol. The van der Waals surface area contributed by atoms with Gasteiger partial charge < -0.3 is 20.1 Å². The van der Waals surface area contributed by atoms with E-state index in [0.717, 1.165) is 22.3 Å². The van der Waals surface area contributed by atoms with Crippen LogP contribution in [0.2, 0.25) is 0 Å². The molecule has 0 unspecified atom stereocenters. The van der Waals surface area contributed by atoms with Gasteiger partial charge in [-0.15, -0.1) is 0 Å². The molecule has 2 N–H and O–H groups in total. The van der Waals surface area contributed by atoms with E-state index in [0.29, 0.717) is 34.0 Å². The molecule has 4 aromatic carbocycles. The number of rotatable bonds is 7. The molecule has 4 rings (SSSR count). The fourth-order valence-corrected chi connectivity index (χ4v) is 3.98. The number of hydrogen-bond donors (Lipinski definition) is 2. The van der Waals surface area contributed by atoms with E-state index in [-0.39, 0.29) is 11.8 Å². The van der Waals surface area contributed by atoms with Crippen LogP contribution in [-0.4, -0.2) is 26.0 Å². The van der Waals surface area contributed by atoms with Gasteiger partial charge in [-0.1, -0.05) is 48.5 Å².